The van der Waals surface area contributed by atoms with Crippen LogP contribution in [0.15, 0.2) is 64.0 Å². The molecule has 0 spiro atoms. The number of aromatic nitrogens is 2. The van der Waals surface area contributed by atoms with Gasteiger partial charge in [0, 0.05) is 44.7 Å². The summed E-state index contributed by atoms with van der Waals surface area (Å²) in [6.07, 6.45) is 0.583. The van der Waals surface area contributed by atoms with Crippen molar-refractivity contribution in [2.45, 2.75) is 17.9 Å². The van der Waals surface area contributed by atoms with Crippen molar-refractivity contribution in [1.82, 2.24) is 19.3 Å². The van der Waals surface area contributed by atoms with Crippen LogP contribution < -0.4 is 0 Å². The van der Waals surface area contributed by atoms with Gasteiger partial charge in [0.1, 0.15) is 0 Å². The van der Waals surface area contributed by atoms with Crippen molar-refractivity contribution in [3.05, 3.63) is 82.0 Å². The molecule has 10 nitrogen and oxygen atoms in total. The molecule has 0 atom stereocenters. The van der Waals surface area contributed by atoms with Gasteiger partial charge in [-0.3, -0.25) is 15.0 Å². The van der Waals surface area contributed by atoms with Gasteiger partial charge in [-0.1, -0.05) is 41.6 Å². The van der Waals surface area contributed by atoms with Gasteiger partial charge in [-0.25, -0.2) is 8.42 Å². The number of nitro benzene ring substituents is 1. The highest BCUT2D eigenvalue weighted by molar-refractivity contribution is 7.89. The van der Waals surface area contributed by atoms with Crippen LogP contribution in [0.3, 0.4) is 0 Å². The Labute approximate surface area is 179 Å². The number of non-ortho nitro benzene ring substituents is 1. The minimum absolute atomic E-state index is 0.0717. The maximum Gasteiger partial charge on any atom is 0.270 e. The zero-order chi connectivity index (χ0) is 21.8. The first-order valence-corrected chi connectivity index (χ1v) is 11.2. The molecular weight excluding hydrogens is 422 g/mol. The van der Waals surface area contributed by atoms with Crippen molar-refractivity contribution in [3.8, 4) is 0 Å². The van der Waals surface area contributed by atoms with Gasteiger partial charge in [-0.05, 0) is 11.6 Å². The summed E-state index contributed by atoms with van der Waals surface area (Å²) in [4.78, 5) is 16.7. The van der Waals surface area contributed by atoms with Crippen molar-refractivity contribution in [2.24, 2.45) is 0 Å². The Balaban J connectivity index is 1.35. The topological polar surface area (TPSA) is 123 Å². The van der Waals surface area contributed by atoms with Gasteiger partial charge in [0.15, 0.2) is 5.82 Å². The van der Waals surface area contributed by atoms with Crippen LogP contribution in [0.4, 0.5) is 5.69 Å². The van der Waals surface area contributed by atoms with Crippen LogP contribution in [-0.2, 0) is 23.0 Å². The zero-order valence-corrected chi connectivity index (χ0v) is 17.4. The van der Waals surface area contributed by atoms with E-state index in [4.69, 9.17) is 4.52 Å². The second-order valence-electron chi connectivity index (χ2n) is 7.20. The highest BCUT2D eigenvalue weighted by Gasteiger charge is 2.30. The number of benzene rings is 2. The molecular formula is C20H21N5O5S. The molecule has 0 aliphatic carbocycles. The lowest BCUT2D eigenvalue weighted by Crippen LogP contribution is -2.48. The average molecular weight is 443 g/mol. The standard InChI is InChI=1S/C20H21N5O5S/c26-25(27)17-7-4-8-18(14-17)31(28,29)24-11-9-23(10-12-24)15-20-21-19(22-30-20)13-16-5-2-1-3-6-16/h1-8,14H,9-13,15H2. The summed E-state index contributed by atoms with van der Waals surface area (Å²) < 4.78 is 32.4. The Morgan fingerprint density at radius 3 is 2.48 bits per heavy atom. The van der Waals surface area contributed by atoms with Crippen molar-refractivity contribution in [2.75, 3.05) is 26.2 Å². The molecule has 1 aliphatic heterocycles. The molecule has 0 radical (unpaired) electrons. The van der Waals surface area contributed by atoms with Crippen molar-refractivity contribution >= 4 is 15.7 Å². The third kappa shape index (κ3) is 4.95. The third-order valence-electron chi connectivity index (χ3n) is 5.07. The Kier molecular flexibility index (Phi) is 6.07. The molecule has 0 amide bonds. The predicted octanol–water partition coefficient (Wildman–Crippen LogP) is 2.08. The highest BCUT2D eigenvalue weighted by Crippen LogP contribution is 2.22. The Hall–Kier alpha value is -3.15. The van der Waals surface area contributed by atoms with Gasteiger partial charge in [0.05, 0.1) is 16.4 Å². The van der Waals surface area contributed by atoms with E-state index in [1.54, 1.807) is 0 Å². The maximum absolute atomic E-state index is 12.8. The number of hydrogen-bond donors (Lipinski definition) is 0. The molecule has 1 fully saturated rings. The molecule has 162 valence electrons. The molecule has 2 aromatic carbocycles. The summed E-state index contributed by atoms with van der Waals surface area (Å²) in [6.45, 7) is 1.97. The first-order chi connectivity index (χ1) is 14.9. The molecule has 3 aromatic rings. The zero-order valence-electron chi connectivity index (χ0n) is 16.6. The van der Waals surface area contributed by atoms with Crippen LogP contribution in [-0.4, -0.2) is 58.9 Å². The Morgan fingerprint density at radius 2 is 1.77 bits per heavy atom. The van der Waals surface area contributed by atoms with E-state index < -0.39 is 14.9 Å². The molecule has 31 heavy (non-hydrogen) atoms. The first kappa shape index (κ1) is 21.1. The predicted molar refractivity (Wildman–Crippen MR) is 111 cm³/mol. The third-order valence-corrected chi connectivity index (χ3v) is 6.97. The van der Waals surface area contributed by atoms with E-state index in [-0.39, 0.29) is 23.7 Å². The van der Waals surface area contributed by atoms with Crippen LogP contribution >= 0.6 is 0 Å². The summed E-state index contributed by atoms with van der Waals surface area (Å²) in [7, 11) is -3.79. The van der Waals surface area contributed by atoms with Crippen LogP contribution in [0.1, 0.15) is 17.3 Å². The lowest BCUT2D eigenvalue weighted by molar-refractivity contribution is -0.385. The van der Waals surface area contributed by atoms with E-state index in [0.29, 0.717) is 37.8 Å². The number of piperazine rings is 1. The van der Waals surface area contributed by atoms with E-state index in [0.717, 1.165) is 11.6 Å². The van der Waals surface area contributed by atoms with Gasteiger partial charge in [-0.15, -0.1) is 0 Å². The van der Waals surface area contributed by atoms with E-state index in [2.05, 4.69) is 10.1 Å². The monoisotopic (exact) mass is 443 g/mol. The van der Waals surface area contributed by atoms with E-state index in [1.165, 1.54) is 22.5 Å². The normalized spacial score (nSPS) is 15.7. The molecule has 11 heteroatoms. The summed E-state index contributed by atoms with van der Waals surface area (Å²) in [5.74, 6) is 1.09. The summed E-state index contributed by atoms with van der Waals surface area (Å²) in [6, 6.07) is 15.0. The van der Waals surface area contributed by atoms with E-state index in [9.17, 15) is 18.5 Å². The van der Waals surface area contributed by atoms with Crippen molar-refractivity contribution in [1.29, 1.82) is 0 Å². The summed E-state index contributed by atoms with van der Waals surface area (Å²) in [5, 5.41) is 15.0. The minimum Gasteiger partial charge on any atom is -0.338 e. The van der Waals surface area contributed by atoms with Gasteiger partial charge in [-0.2, -0.15) is 9.29 Å². The lowest BCUT2D eigenvalue weighted by atomic mass is 10.1. The second kappa shape index (κ2) is 8.92. The number of sulfonamides is 1. The average Bonchev–Trinajstić information content (AvgIpc) is 3.21. The molecule has 1 saturated heterocycles. The molecule has 0 bridgehead atoms. The van der Waals surface area contributed by atoms with Gasteiger partial charge < -0.3 is 4.52 Å². The van der Waals surface area contributed by atoms with Crippen LogP contribution in [0.25, 0.3) is 0 Å². The fourth-order valence-electron chi connectivity index (χ4n) is 3.43. The van der Waals surface area contributed by atoms with E-state index in [1.807, 2.05) is 35.2 Å². The van der Waals surface area contributed by atoms with Gasteiger partial charge in [0.25, 0.3) is 5.69 Å². The number of nitro groups is 1. The van der Waals surface area contributed by atoms with Crippen LogP contribution in [0.2, 0.25) is 0 Å². The molecule has 4 rings (SSSR count). The van der Waals surface area contributed by atoms with Gasteiger partial charge in [0.2, 0.25) is 15.9 Å². The molecule has 1 aliphatic rings. The van der Waals surface area contributed by atoms with Crippen LogP contribution in [0, 0.1) is 10.1 Å². The highest BCUT2D eigenvalue weighted by atomic mass is 32.2. The summed E-state index contributed by atoms with van der Waals surface area (Å²) >= 11 is 0. The number of rotatable bonds is 7. The molecule has 1 aromatic heterocycles. The molecule has 0 N–H and O–H groups in total. The molecule has 2 heterocycles. The Bertz CT molecular complexity index is 1160. The Morgan fingerprint density at radius 1 is 1.03 bits per heavy atom. The van der Waals surface area contributed by atoms with E-state index >= 15 is 0 Å². The second-order valence-corrected chi connectivity index (χ2v) is 9.14. The smallest absolute Gasteiger partial charge is 0.270 e. The first-order valence-electron chi connectivity index (χ1n) is 9.74. The van der Waals surface area contributed by atoms with Crippen LogP contribution in [0.5, 0.6) is 0 Å². The number of hydrogen-bond acceptors (Lipinski definition) is 8. The van der Waals surface area contributed by atoms with Crippen molar-refractivity contribution < 1.29 is 17.9 Å². The lowest BCUT2D eigenvalue weighted by Gasteiger charge is -2.33. The quantitative estimate of drug-likeness (QED) is 0.402. The fourth-order valence-corrected chi connectivity index (χ4v) is 4.89. The van der Waals surface area contributed by atoms with Gasteiger partial charge >= 0.3 is 0 Å². The minimum atomic E-state index is -3.79. The molecule has 0 unspecified atom stereocenters. The SMILES string of the molecule is O=[N+]([O-])c1cccc(S(=O)(=O)N2CCN(Cc3nc(Cc4ccccc4)no3)CC2)c1. The number of nitrogens with zero attached hydrogens (tertiary/aromatic N) is 5. The van der Waals surface area contributed by atoms with Crippen molar-refractivity contribution in [3.63, 3.8) is 0 Å². The molecule has 0 saturated carbocycles. The summed E-state index contributed by atoms with van der Waals surface area (Å²) in [5.41, 5.74) is 0.845. The fraction of sp³-hybridized carbons (Fsp3) is 0.300. The maximum atomic E-state index is 12.8. The largest absolute Gasteiger partial charge is 0.338 e.